The van der Waals surface area contributed by atoms with Gasteiger partial charge in [-0.3, -0.25) is 82.6 Å². The van der Waals surface area contributed by atoms with Crippen LogP contribution in [0.25, 0.3) is 10.9 Å². The highest BCUT2D eigenvalue weighted by atomic mass is 127. The topological polar surface area (TPSA) is 332 Å². The largest absolute Gasteiger partial charge is 0.494 e. The molecule has 2 aromatic carbocycles. The lowest BCUT2D eigenvalue weighted by Crippen LogP contribution is -2.52. The fourth-order valence-electron chi connectivity index (χ4n) is 11.7. The van der Waals surface area contributed by atoms with Gasteiger partial charge in [-0.15, -0.1) is 0 Å². The summed E-state index contributed by atoms with van der Waals surface area (Å²) in [6, 6.07) is 13.1. The second-order valence-electron chi connectivity index (χ2n) is 24.6. The van der Waals surface area contributed by atoms with Gasteiger partial charge in [-0.2, -0.15) is 0 Å². The Kier molecular flexibility index (Phi) is 33.1. The summed E-state index contributed by atoms with van der Waals surface area (Å²) in [5.41, 5.74) is 1.96. The molecule has 3 saturated heterocycles. The van der Waals surface area contributed by atoms with Gasteiger partial charge in [0.15, 0.2) is 0 Å². The Bertz CT molecular complexity index is 3090. The third-order valence-electron chi connectivity index (χ3n) is 16.9. The summed E-state index contributed by atoms with van der Waals surface area (Å²) in [6.07, 6.45) is 9.25. The summed E-state index contributed by atoms with van der Waals surface area (Å²) in [6.45, 7) is 5.76. The van der Waals surface area contributed by atoms with Crippen molar-refractivity contribution in [2.75, 3.05) is 151 Å². The molecule has 528 valence electrons. The monoisotopic (exact) mass is 1460 g/mol. The van der Waals surface area contributed by atoms with Crippen LogP contribution in [0.1, 0.15) is 99.9 Å². The summed E-state index contributed by atoms with van der Waals surface area (Å²) in [7, 11) is 1.45. The Hall–Kier alpha value is -7.39. The van der Waals surface area contributed by atoms with Crippen LogP contribution in [0.5, 0.6) is 5.75 Å². The maximum atomic E-state index is 14.1. The van der Waals surface area contributed by atoms with Crippen LogP contribution >= 0.6 is 22.6 Å². The number of aliphatic carboxylic acids is 3. The van der Waals surface area contributed by atoms with Gasteiger partial charge in [0.05, 0.1) is 68.8 Å². The lowest BCUT2D eigenvalue weighted by molar-refractivity contribution is -0.140. The van der Waals surface area contributed by atoms with E-state index in [2.05, 4.69) is 75.9 Å². The number of benzene rings is 2. The number of alkyl halides is 2. The predicted molar refractivity (Wildman–Crippen MR) is 365 cm³/mol. The molecule has 7 N–H and O–H groups in total. The summed E-state index contributed by atoms with van der Waals surface area (Å²) in [4.78, 5) is 140. The summed E-state index contributed by atoms with van der Waals surface area (Å²) >= 11 is 2.25. The average Bonchev–Trinajstić information content (AvgIpc) is 1.50. The molecule has 3 aromatic rings. The van der Waals surface area contributed by atoms with Gasteiger partial charge in [-0.05, 0) is 136 Å². The van der Waals surface area contributed by atoms with Gasteiger partial charge in [0.1, 0.15) is 11.8 Å². The maximum Gasteiger partial charge on any atom is 0.317 e. The number of aryl methyl sites for hydroxylation is 1. The molecule has 30 heteroatoms. The molecule has 0 radical (unpaired) electrons. The van der Waals surface area contributed by atoms with E-state index in [1.54, 1.807) is 44.7 Å². The van der Waals surface area contributed by atoms with Crippen molar-refractivity contribution in [2.24, 2.45) is 9.98 Å². The van der Waals surface area contributed by atoms with E-state index in [-0.39, 0.29) is 108 Å². The molecule has 4 heterocycles. The van der Waals surface area contributed by atoms with Crippen LogP contribution in [0.4, 0.5) is 8.78 Å². The number of amidine groups is 1. The summed E-state index contributed by atoms with van der Waals surface area (Å²) in [5.74, 6) is -7.34. The number of aliphatic imine (C=N–C) groups is 2. The number of carbonyl (C=O) groups excluding carboxylic acids is 6. The third-order valence-corrected chi connectivity index (χ3v) is 17.6. The minimum atomic E-state index is -3.05. The van der Waals surface area contributed by atoms with Gasteiger partial charge in [0, 0.05) is 139 Å². The number of fused-ring (bicyclic) bond motifs is 1. The molecule has 3 fully saturated rings. The summed E-state index contributed by atoms with van der Waals surface area (Å²) < 4.78 is 35.5. The van der Waals surface area contributed by atoms with E-state index in [0.29, 0.717) is 107 Å². The third kappa shape index (κ3) is 28.7. The fourth-order valence-corrected chi connectivity index (χ4v) is 12.1. The molecule has 0 spiro atoms. The van der Waals surface area contributed by atoms with Crippen LogP contribution in [0.2, 0.25) is 0 Å². The van der Waals surface area contributed by atoms with Crippen LogP contribution in [-0.2, 0) is 44.8 Å². The van der Waals surface area contributed by atoms with Crippen molar-refractivity contribution in [3.05, 3.63) is 69.4 Å². The van der Waals surface area contributed by atoms with Crippen molar-refractivity contribution in [2.45, 2.75) is 108 Å². The van der Waals surface area contributed by atoms with Crippen LogP contribution in [-0.4, -0.2) is 289 Å². The van der Waals surface area contributed by atoms with E-state index in [4.69, 9.17) is 4.74 Å². The number of carbonyl (C=O) groups is 9. The smallest absolute Gasteiger partial charge is 0.317 e. The Morgan fingerprint density at radius 1 is 0.698 bits per heavy atom. The van der Waals surface area contributed by atoms with E-state index in [1.807, 2.05) is 17.0 Å². The van der Waals surface area contributed by atoms with E-state index in [0.717, 1.165) is 52.9 Å². The van der Waals surface area contributed by atoms with Gasteiger partial charge in [-0.25, -0.2) is 8.78 Å². The van der Waals surface area contributed by atoms with E-state index >= 15 is 0 Å². The lowest BCUT2D eigenvalue weighted by Gasteiger charge is -2.34. The molecule has 6 amide bonds. The van der Waals surface area contributed by atoms with E-state index < -0.39 is 73.1 Å². The minimum absolute atomic E-state index is 0.0689. The van der Waals surface area contributed by atoms with Crippen molar-refractivity contribution < 1.29 is 72.0 Å². The van der Waals surface area contributed by atoms with Crippen LogP contribution in [0, 0.1) is 3.57 Å². The lowest BCUT2D eigenvalue weighted by atomic mass is 10.1. The van der Waals surface area contributed by atoms with Crippen LogP contribution in [0.15, 0.2) is 64.7 Å². The number of piperazine rings is 1. The number of likely N-dealkylation sites (tertiary alicyclic amines) is 1. The molecule has 96 heavy (non-hydrogen) atoms. The SMILES string of the molecule is C/N=C/[C@H]1CC(F)(F)CN1C(=O)CNC(=O)c1ccnc2ccc(OCCCCN3CCN(C(=O)CCCCCNC(=O)[C@H](CCCC/N=C(\C)NC(=O)CCCc4ccc(I)cc4)NC(=O)CN4CCN(CC(=O)O)CCN(CC(=O)O)CCN(CC(=O)O)CC4)CC3)cc12. The number of amides is 6. The molecule has 3 aliphatic rings. The molecule has 3 aliphatic heterocycles. The Balaban J connectivity index is 0.920. The first-order valence-electron chi connectivity index (χ1n) is 33.1. The number of hydrogen-bond acceptors (Lipinski definition) is 18. The predicted octanol–water partition coefficient (Wildman–Crippen LogP) is 3.17. The number of carboxylic acids is 3. The van der Waals surface area contributed by atoms with Gasteiger partial charge in [-0.1, -0.05) is 18.6 Å². The molecule has 0 saturated carbocycles. The van der Waals surface area contributed by atoms with Crippen molar-refractivity contribution in [1.82, 2.24) is 60.6 Å². The summed E-state index contributed by atoms with van der Waals surface area (Å²) in [5, 5.41) is 40.7. The van der Waals surface area contributed by atoms with Crippen molar-refractivity contribution in [1.29, 1.82) is 0 Å². The first kappa shape index (κ1) is 77.6. The number of carboxylic acid groups (broad SMARTS) is 3. The zero-order valence-corrected chi connectivity index (χ0v) is 57.4. The first-order valence-corrected chi connectivity index (χ1v) is 34.2. The van der Waals surface area contributed by atoms with E-state index in [9.17, 15) is 67.3 Å². The highest BCUT2D eigenvalue weighted by molar-refractivity contribution is 14.1. The zero-order chi connectivity index (χ0) is 69.4. The standard InChI is InChI=1S/C66H95F2IN14O13/c1-48(75-57(84)13-10-11-49-15-17-50(69)18-16-49)71-22-7-5-12-56(76-58(85)43-78-26-28-79(44-61(88)89)30-32-81(46-63(92)93)33-31-80(29-27-78)45-62(90)91)65(95)73-23-6-3-4-14-59(86)82-36-34-77(35-37-82)25-8-9-38-96-52-19-20-55-54(39-52)53(21-24-72-55)64(94)74-42-60(87)83-47-66(67,68)40-51(83)41-70-2/h15-21,24,39,41,51,56H,3-14,22-23,25-38,40,42-47H2,1-2H3,(H,73,95)(H,74,94)(H,76,85)(H,88,89)(H,90,91)(H,92,93)(H,71,75,84)/b70-41+/t51-,56+/m1/s1. The van der Waals surface area contributed by atoms with Crippen molar-refractivity contribution in [3.8, 4) is 5.75 Å². The van der Waals surface area contributed by atoms with Gasteiger partial charge in [0.25, 0.3) is 11.8 Å². The Morgan fingerprint density at radius 3 is 1.95 bits per heavy atom. The Morgan fingerprint density at radius 2 is 1.32 bits per heavy atom. The molecule has 1 aromatic heterocycles. The molecule has 2 atom stereocenters. The molecular weight excluding hydrogens is 1360 g/mol. The second kappa shape index (κ2) is 41.0. The molecule has 6 rings (SSSR count). The van der Waals surface area contributed by atoms with Gasteiger partial charge < -0.3 is 51.1 Å². The minimum Gasteiger partial charge on any atom is -0.494 e. The van der Waals surface area contributed by atoms with Gasteiger partial charge >= 0.3 is 17.9 Å². The number of nitrogens with zero attached hydrogens (tertiary/aromatic N) is 10. The number of hydrogen-bond donors (Lipinski definition) is 7. The van der Waals surface area contributed by atoms with Crippen LogP contribution < -0.4 is 26.0 Å². The van der Waals surface area contributed by atoms with Crippen molar-refractivity contribution in [3.63, 3.8) is 0 Å². The molecule has 27 nitrogen and oxygen atoms in total. The van der Waals surface area contributed by atoms with Crippen LogP contribution in [0.3, 0.4) is 0 Å². The number of pyridine rings is 1. The number of unbranched alkanes of at least 4 members (excludes halogenated alkanes) is 4. The molecule has 0 aliphatic carbocycles. The highest BCUT2D eigenvalue weighted by Gasteiger charge is 2.46. The fraction of sp³-hybridized carbons (Fsp3) is 0.606. The van der Waals surface area contributed by atoms with Gasteiger partial charge in [0.2, 0.25) is 29.5 Å². The maximum absolute atomic E-state index is 14.1. The molecule has 0 unspecified atom stereocenters. The number of aromatic nitrogens is 1. The average molecular weight is 1460 g/mol. The number of halogens is 3. The number of rotatable bonds is 35. The van der Waals surface area contributed by atoms with Crippen molar-refractivity contribution >= 4 is 98.9 Å². The zero-order valence-electron chi connectivity index (χ0n) is 55.2. The van der Waals surface area contributed by atoms with E-state index in [1.165, 1.54) is 25.5 Å². The number of nitrogens with one attached hydrogen (secondary N) is 4. The molecular formula is C66H95F2IN14O13. The first-order chi connectivity index (χ1) is 46.0. The normalized spacial score (nSPS) is 17.7. The highest BCUT2D eigenvalue weighted by Crippen LogP contribution is 2.31. The molecule has 0 bridgehead atoms. The number of ether oxygens (including phenoxy) is 1. The Labute approximate surface area is 573 Å². The quantitative estimate of drug-likeness (QED) is 0.0192. The second-order valence-corrected chi connectivity index (χ2v) is 25.8.